The summed E-state index contributed by atoms with van der Waals surface area (Å²) in [5, 5.41) is 0. The molecule has 0 unspecified atom stereocenters. The number of anilines is 1. The first-order chi connectivity index (χ1) is 18.7. The highest BCUT2D eigenvalue weighted by molar-refractivity contribution is 7.93. The van der Waals surface area contributed by atoms with Crippen LogP contribution in [-0.4, -0.2) is 38.4 Å². The van der Waals surface area contributed by atoms with E-state index in [2.05, 4.69) is 0 Å². The second kappa shape index (κ2) is 10.5. The van der Waals surface area contributed by atoms with Crippen LogP contribution in [0.5, 0.6) is 5.75 Å². The first-order valence-electron chi connectivity index (χ1n) is 12.3. The van der Waals surface area contributed by atoms with Crippen LogP contribution in [0.2, 0.25) is 0 Å². The van der Waals surface area contributed by atoms with E-state index in [4.69, 9.17) is 9.47 Å². The molecule has 2 heterocycles. The van der Waals surface area contributed by atoms with Gasteiger partial charge in [0.1, 0.15) is 24.0 Å². The fraction of sp³-hybridized carbons (Fsp3) is 0.207. The molecule has 1 aromatic heterocycles. The van der Waals surface area contributed by atoms with Crippen LogP contribution in [-0.2, 0) is 21.4 Å². The quantitative estimate of drug-likeness (QED) is 0.278. The van der Waals surface area contributed by atoms with Crippen molar-refractivity contribution in [1.82, 2.24) is 4.57 Å². The SMILES string of the molecule is COC(=O)c1cc(N2CCCS2(=O)=O)cc(-n2c(C)ccc2-c2cc(F)ccc2OCc2ccc(F)cc2)c1. The molecule has 0 radical (unpaired) electrons. The normalized spacial score (nSPS) is 14.4. The van der Waals surface area contributed by atoms with Crippen LogP contribution >= 0.6 is 0 Å². The second-order valence-electron chi connectivity index (χ2n) is 9.22. The number of hydrogen-bond donors (Lipinski definition) is 0. The summed E-state index contributed by atoms with van der Waals surface area (Å²) in [6.45, 7) is 2.28. The van der Waals surface area contributed by atoms with E-state index < -0.39 is 21.8 Å². The third kappa shape index (κ3) is 5.37. The highest BCUT2D eigenvalue weighted by Gasteiger charge is 2.30. The summed E-state index contributed by atoms with van der Waals surface area (Å²) in [7, 11) is -2.26. The van der Waals surface area contributed by atoms with Crippen molar-refractivity contribution < 1.29 is 31.5 Å². The number of benzene rings is 3. The molecule has 3 aromatic carbocycles. The van der Waals surface area contributed by atoms with Gasteiger partial charge < -0.3 is 14.0 Å². The Hall–Kier alpha value is -4.18. The largest absolute Gasteiger partial charge is 0.488 e. The van der Waals surface area contributed by atoms with Crippen LogP contribution in [0.3, 0.4) is 0 Å². The van der Waals surface area contributed by atoms with Gasteiger partial charge in [0.05, 0.1) is 29.8 Å². The summed E-state index contributed by atoms with van der Waals surface area (Å²) in [6, 6.07) is 18.5. The number of methoxy groups -OCH3 is 1. The molecule has 1 aliphatic heterocycles. The molecule has 202 valence electrons. The van der Waals surface area contributed by atoms with Gasteiger partial charge in [-0.25, -0.2) is 22.0 Å². The number of halogens is 2. The number of carbonyl (C=O) groups is 1. The van der Waals surface area contributed by atoms with Gasteiger partial charge in [0.25, 0.3) is 0 Å². The summed E-state index contributed by atoms with van der Waals surface area (Å²) in [6.07, 6.45) is 0.478. The van der Waals surface area contributed by atoms with E-state index in [1.807, 2.05) is 13.0 Å². The van der Waals surface area contributed by atoms with Gasteiger partial charge in [0.2, 0.25) is 10.0 Å². The van der Waals surface area contributed by atoms with Gasteiger partial charge in [0, 0.05) is 23.5 Å². The zero-order chi connectivity index (χ0) is 27.7. The molecular formula is C29H26F2N2O5S. The minimum Gasteiger partial charge on any atom is -0.488 e. The number of aryl methyl sites for hydroxylation is 1. The number of sulfonamides is 1. The Kier molecular flexibility index (Phi) is 7.14. The Morgan fingerprint density at radius 1 is 0.923 bits per heavy atom. The summed E-state index contributed by atoms with van der Waals surface area (Å²) >= 11 is 0. The van der Waals surface area contributed by atoms with Crippen molar-refractivity contribution in [2.45, 2.75) is 20.0 Å². The predicted octanol–water partition coefficient (Wildman–Crippen LogP) is 5.64. The van der Waals surface area contributed by atoms with Crippen LogP contribution in [0.1, 0.15) is 28.0 Å². The number of nitrogens with zero attached hydrogens (tertiary/aromatic N) is 2. The first kappa shape index (κ1) is 26.4. The van der Waals surface area contributed by atoms with E-state index in [-0.39, 0.29) is 23.7 Å². The van der Waals surface area contributed by atoms with E-state index in [9.17, 15) is 22.0 Å². The lowest BCUT2D eigenvalue weighted by molar-refractivity contribution is 0.0600. The third-order valence-corrected chi connectivity index (χ3v) is 8.44. The van der Waals surface area contributed by atoms with Crippen LogP contribution < -0.4 is 9.04 Å². The van der Waals surface area contributed by atoms with Crippen LogP contribution in [0.15, 0.2) is 72.8 Å². The molecule has 0 aliphatic carbocycles. The van der Waals surface area contributed by atoms with Crippen molar-refractivity contribution in [3.63, 3.8) is 0 Å². The monoisotopic (exact) mass is 552 g/mol. The van der Waals surface area contributed by atoms with Crippen molar-refractivity contribution in [2.75, 3.05) is 23.7 Å². The Morgan fingerprint density at radius 2 is 1.64 bits per heavy atom. The summed E-state index contributed by atoms with van der Waals surface area (Å²) < 4.78 is 67.2. The number of carbonyl (C=O) groups excluding carboxylic acids is 1. The van der Waals surface area contributed by atoms with E-state index >= 15 is 0 Å². The molecule has 10 heteroatoms. The van der Waals surface area contributed by atoms with Gasteiger partial charge >= 0.3 is 5.97 Å². The topological polar surface area (TPSA) is 77.8 Å². The molecule has 0 bridgehead atoms. The maximum atomic E-state index is 14.5. The zero-order valence-electron chi connectivity index (χ0n) is 21.4. The number of esters is 1. The van der Waals surface area contributed by atoms with Gasteiger partial charge in [-0.1, -0.05) is 12.1 Å². The molecule has 0 spiro atoms. The molecule has 1 saturated heterocycles. The van der Waals surface area contributed by atoms with Crippen molar-refractivity contribution in [3.8, 4) is 22.7 Å². The molecule has 1 aliphatic rings. The number of rotatable bonds is 7. The fourth-order valence-corrected chi connectivity index (χ4v) is 6.24. The van der Waals surface area contributed by atoms with Crippen LogP contribution in [0.25, 0.3) is 16.9 Å². The highest BCUT2D eigenvalue weighted by Crippen LogP contribution is 2.36. The van der Waals surface area contributed by atoms with Gasteiger partial charge in [-0.05, 0) is 79.6 Å². The van der Waals surface area contributed by atoms with Crippen molar-refractivity contribution in [3.05, 3.63) is 101 Å². The Labute approximate surface area is 225 Å². The van der Waals surface area contributed by atoms with Crippen LogP contribution in [0, 0.1) is 18.6 Å². The standard InChI is InChI=1S/C29H26F2N2O5S/c1-19-4-10-27(26-16-23(31)9-11-28(26)38-18-20-5-7-22(30)8-6-20)33(19)25-15-21(29(34)37-2)14-24(17-25)32-12-3-13-39(32,35)36/h4-11,14-17H,3,12-13,18H2,1-2H3. The van der Waals surface area contributed by atoms with E-state index in [0.29, 0.717) is 41.3 Å². The number of hydrogen-bond acceptors (Lipinski definition) is 5. The predicted molar refractivity (Wildman–Crippen MR) is 144 cm³/mol. The second-order valence-corrected chi connectivity index (χ2v) is 11.2. The molecule has 7 nitrogen and oxygen atoms in total. The molecule has 39 heavy (non-hydrogen) atoms. The Bertz CT molecular complexity index is 1650. The number of aromatic nitrogens is 1. The molecule has 0 amide bonds. The van der Waals surface area contributed by atoms with Crippen LogP contribution in [0.4, 0.5) is 14.5 Å². The molecule has 5 rings (SSSR count). The molecule has 0 N–H and O–H groups in total. The van der Waals surface area contributed by atoms with Gasteiger partial charge in [-0.15, -0.1) is 0 Å². The molecule has 0 saturated carbocycles. The van der Waals surface area contributed by atoms with E-state index in [1.54, 1.807) is 34.9 Å². The molecular weight excluding hydrogens is 526 g/mol. The lowest BCUT2D eigenvalue weighted by atomic mass is 10.1. The Morgan fingerprint density at radius 3 is 2.33 bits per heavy atom. The summed E-state index contributed by atoms with van der Waals surface area (Å²) in [5.74, 6) is -1.03. The minimum absolute atomic E-state index is 0.0244. The lowest BCUT2D eigenvalue weighted by Gasteiger charge is -2.21. The van der Waals surface area contributed by atoms with Gasteiger partial charge in [0.15, 0.2) is 0 Å². The van der Waals surface area contributed by atoms with E-state index in [0.717, 1.165) is 11.3 Å². The van der Waals surface area contributed by atoms with Crippen molar-refractivity contribution in [1.29, 1.82) is 0 Å². The zero-order valence-corrected chi connectivity index (χ0v) is 22.2. The average Bonchev–Trinajstić information content (AvgIpc) is 3.49. The third-order valence-electron chi connectivity index (χ3n) is 6.57. The number of ether oxygens (including phenoxy) is 2. The summed E-state index contributed by atoms with van der Waals surface area (Å²) in [4.78, 5) is 12.6. The van der Waals surface area contributed by atoms with Gasteiger partial charge in [-0.2, -0.15) is 0 Å². The molecule has 0 atom stereocenters. The maximum absolute atomic E-state index is 14.5. The van der Waals surface area contributed by atoms with Gasteiger partial charge in [-0.3, -0.25) is 4.31 Å². The smallest absolute Gasteiger partial charge is 0.337 e. The lowest BCUT2D eigenvalue weighted by Crippen LogP contribution is -2.25. The van der Waals surface area contributed by atoms with Crippen molar-refractivity contribution >= 4 is 21.7 Å². The average molecular weight is 553 g/mol. The Balaban J connectivity index is 1.61. The summed E-state index contributed by atoms with van der Waals surface area (Å²) in [5.41, 5.74) is 3.54. The maximum Gasteiger partial charge on any atom is 0.337 e. The minimum atomic E-state index is -3.52. The van der Waals surface area contributed by atoms with E-state index in [1.165, 1.54) is 47.8 Å². The first-order valence-corrected chi connectivity index (χ1v) is 13.9. The molecule has 4 aromatic rings. The fourth-order valence-electron chi connectivity index (χ4n) is 4.69. The van der Waals surface area contributed by atoms with Crippen molar-refractivity contribution in [2.24, 2.45) is 0 Å². The highest BCUT2D eigenvalue weighted by atomic mass is 32.2. The molecule has 1 fully saturated rings.